The first-order valence-electron chi connectivity index (χ1n) is 8.12. The van der Waals surface area contributed by atoms with Gasteiger partial charge in [0.25, 0.3) is 0 Å². The highest BCUT2D eigenvalue weighted by Crippen LogP contribution is 2.18. The number of urea groups is 1. The molecule has 0 spiro atoms. The zero-order valence-corrected chi connectivity index (χ0v) is 13.1. The molecule has 2 aliphatic rings. The van der Waals surface area contributed by atoms with Crippen molar-refractivity contribution >= 4 is 17.9 Å². The number of carbonyl (C=O) groups is 3. The van der Waals surface area contributed by atoms with Crippen LogP contribution in [0.15, 0.2) is 0 Å². The van der Waals surface area contributed by atoms with Crippen molar-refractivity contribution in [3.8, 4) is 0 Å². The summed E-state index contributed by atoms with van der Waals surface area (Å²) in [6.45, 7) is 2.80. The molecule has 1 heterocycles. The molecule has 3 amide bonds. The van der Waals surface area contributed by atoms with Crippen molar-refractivity contribution in [2.24, 2.45) is 0 Å². The highest BCUT2D eigenvalue weighted by molar-refractivity contribution is 5.91. The number of hydrogen-bond acceptors (Lipinski definition) is 4. The molecule has 0 bridgehead atoms. The molecular weight excluding hydrogens is 286 g/mol. The van der Waals surface area contributed by atoms with E-state index in [9.17, 15) is 14.4 Å². The molecule has 0 aromatic heterocycles. The van der Waals surface area contributed by atoms with Crippen LogP contribution in [0.25, 0.3) is 0 Å². The Hall–Kier alpha value is -1.79. The van der Waals surface area contributed by atoms with Gasteiger partial charge in [0.15, 0.2) is 0 Å². The molecule has 22 heavy (non-hydrogen) atoms. The summed E-state index contributed by atoms with van der Waals surface area (Å²) >= 11 is 0. The topological polar surface area (TPSA) is 87.7 Å². The average Bonchev–Trinajstić information content (AvgIpc) is 2.50. The Labute approximate surface area is 130 Å². The van der Waals surface area contributed by atoms with E-state index >= 15 is 0 Å². The van der Waals surface area contributed by atoms with Gasteiger partial charge in [-0.25, -0.2) is 4.79 Å². The van der Waals surface area contributed by atoms with E-state index in [0.717, 1.165) is 25.7 Å². The number of rotatable bonds is 4. The van der Waals surface area contributed by atoms with Gasteiger partial charge in [0.2, 0.25) is 5.91 Å². The van der Waals surface area contributed by atoms with E-state index < -0.39 is 12.0 Å². The van der Waals surface area contributed by atoms with Crippen LogP contribution in [0.2, 0.25) is 0 Å². The van der Waals surface area contributed by atoms with Crippen LogP contribution in [0.1, 0.15) is 45.4 Å². The van der Waals surface area contributed by atoms with E-state index in [1.165, 1.54) is 11.3 Å². The third kappa shape index (κ3) is 4.35. The van der Waals surface area contributed by atoms with Crippen LogP contribution in [0.3, 0.4) is 0 Å². The van der Waals surface area contributed by atoms with Gasteiger partial charge < -0.3 is 20.3 Å². The quantitative estimate of drug-likeness (QED) is 0.751. The molecule has 2 fully saturated rings. The predicted molar refractivity (Wildman–Crippen MR) is 80.2 cm³/mol. The summed E-state index contributed by atoms with van der Waals surface area (Å²) in [6, 6.07) is -0.859. The van der Waals surface area contributed by atoms with Crippen LogP contribution in [0.5, 0.6) is 0 Å². The Morgan fingerprint density at radius 3 is 2.73 bits per heavy atom. The van der Waals surface area contributed by atoms with Crippen molar-refractivity contribution in [2.75, 3.05) is 19.7 Å². The van der Waals surface area contributed by atoms with Gasteiger partial charge in [-0.15, -0.1) is 0 Å². The number of carbonyl (C=O) groups excluding carboxylic acids is 3. The predicted octanol–water partition coefficient (Wildman–Crippen LogP) is 0.782. The van der Waals surface area contributed by atoms with Gasteiger partial charge in [-0.2, -0.15) is 0 Å². The molecule has 1 atom stereocenters. The van der Waals surface area contributed by atoms with Crippen molar-refractivity contribution in [3.63, 3.8) is 0 Å². The number of nitrogens with one attached hydrogen (secondary N) is 2. The largest absolute Gasteiger partial charge is 0.466 e. The van der Waals surface area contributed by atoms with Gasteiger partial charge in [-0.05, 0) is 19.8 Å². The van der Waals surface area contributed by atoms with Crippen LogP contribution < -0.4 is 10.6 Å². The summed E-state index contributed by atoms with van der Waals surface area (Å²) in [5.74, 6) is -0.752. The van der Waals surface area contributed by atoms with Crippen molar-refractivity contribution < 1.29 is 19.1 Å². The Bertz CT molecular complexity index is 421. The van der Waals surface area contributed by atoms with Crippen LogP contribution >= 0.6 is 0 Å². The lowest BCUT2D eigenvalue weighted by atomic mass is 9.95. The Balaban J connectivity index is 1.96. The Morgan fingerprint density at radius 1 is 1.32 bits per heavy atom. The molecule has 0 radical (unpaired) electrons. The monoisotopic (exact) mass is 311 g/mol. The van der Waals surface area contributed by atoms with Crippen LogP contribution in [-0.4, -0.2) is 54.6 Å². The number of piperazine rings is 1. The van der Waals surface area contributed by atoms with Gasteiger partial charge in [-0.1, -0.05) is 19.3 Å². The third-order valence-corrected chi connectivity index (χ3v) is 4.19. The zero-order valence-electron chi connectivity index (χ0n) is 13.1. The third-order valence-electron chi connectivity index (χ3n) is 4.19. The van der Waals surface area contributed by atoms with Crippen molar-refractivity contribution in [2.45, 2.75) is 57.5 Å². The normalized spacial score (nSPS) is 22.9. The molecule has 7 nitrogen and oxygen atoms in total. The number of amides is 3. The van der Waals surface area contributed by atoms with Crippen LogP contribution in [0.4, 0.5) is 4.79 Å². The molecule has 2 N–H and O–H groups in total. The first-order chi connectivity index (χ1) is 10.6. The second-order valence-electron chi connectivity index (χ2n) is 5.79. The van der Waals surface area contributed by atoms with Gasteiger partial charge in [0.05, 0.1) is 13.0 Å². The maximum absolute atomic E-state index is 12.4. The lowest BCUT2D eigenvalue weighted by Crippen LogP contribution is -2.61. The summed E-state index contributed by atoms with van der Waals surface area (Å²) in [5, 5.41) is 5.70. The smallest absolute Gasteiger partial charge is 0.318 e. The molecule has 2 rings (SSSR count). The Kier molecular flexibility index (Phi) is 6.03. The summed E-state index contributed by atoms with van der Waals surface area (Å²) in [5.41, 5.74) is 0. The number of esters is 1. The van der Waals surface area contributed by atoms with Crippen LogP contribution in [-0.2, 0) is 14.3 Å². The first-order valence-corrected chi connectivity index (χ1v) is 8.12. The highest BCUT2D eigenvalue weighted by Gasteiger charge is 2.35. The molecular formula is C15H25N3O4. The fraction of sp³-hybridized carbons (Fsp3) is 0.800. The minimum absolute atomic E-state index is 0.0994. The summed E-state index contributed by atoms with van der Waals surface area (Å²) in [7, 11) is 0. The van der Waals surface area contributed by atoms with E-state index in [4.69, 9.17) is 4.74 Å². The van der Waals surface area contributed by atoms with Gasteiger partial charge >= 0.3 is 12.0 Å². The molecule has 1 aliphatic heterocycles. The summed E-state index contributed by atoms with van der Waals surface area (Å²) in [6.07, 6.45) is 5.32. The standard InChI is InChI=1S/C15H25N3O4/c1-2-22-13(19)10-12-14(20)16-8-9-18(12)15(21)17-11-6-4-3-5-7-11/h11-12H,2-10H2,1H3,(H,16,20)(H,17,21)/t12-/m1/s1. The Morgan fingerprint density at radius 2 is 2.05 bits per heavy atom. The minimum atomic E-state index is -0.781. The lowest BCUT2D eigenvalue weighted by Gasteiger charge is -2.36. The molecule has 1 saturated carbocycles. The number of ether oxygens (including phenoxy) is 1. The molecule has 1 saturated heterocycles. The molecule has 124 valence electrons. The van der Waals surface area contributed by atoms with Crippen molar-refractivity contribution in [1.82, 2.24) is 15.5 Å². The summed E-state index contributed by atoms with van der Waals surface area (Å²) < 4.78 is 4.89. The van der Waals surface area contributed by atoms with E-state index in [1.54, 1.807) is 6.92 Å². The maximum Gasteiger partial charge on any atom is 0.318 e. The maximum atomic E-state index is 12.4. The summed E-state index contributed by atoms with van der Waals surface area (Å²) in [4.78, 5) is 37.6. The molecule has 0 aromatic rings. The average molecular weight is 311 g/mol. The molecule has 0 unspecified atom stereocenters. The lowest BCUT2D eigenvalue weighted by molar-refractivity contribution is -0.147. The van der Waals surface area contributed by atoms with E-state index in [-0.39, 0.29) is 31.0 Å². The highest BCUT2D eigenvalue weighted by atomic mass is 16.5. The second kappa shape index (κ2) is 8.00. The first kappa shape index (κ1) is 16.6. The fourth-order valence-corrected chi connectivity index (χ4v) is 3.04. The zero-order chi connectivity index (χ0) is 15.9. The second-order valence-corrected chi connectivity index (χ2v) is 5.79. The van der Waals surface area contributed by atoms with E-state index in [2.05, 4.69) is 10.6 Å². The van der Waals surface area contributed by atoms with Gasteiger partial charge in [0.1, 0.15) is 6.04 Å². The molecule has 7 heteroatoms. The number of hydrogen-bond donors (Lipinski definition) is 2. The van der Waals surface area contributed by atoms with Crippen molar-refractivity contribution in [1.29, 1.82) is 0 Å². The number of nitrogens with zero attached hydrogens (tertiary/aromatic N) is 1. The minimum Gasteiger partial charge on any atom is -0.466 e. The van der Waals surface area contributed by atoms with Crippen LogP contribution in [0, 0.1) is 0 Å². The van der Waals surface area contributed by atoms with Gasteiger partial charge in [-0.3, -0.25) is 9.59 Å². The fourth-order valence-electron chi connectivity index (χ4n) is 3.04. The van der Waals surface area contributed by atoms with Crippen molar-refractivity contribution in [3.05, 3.63) is 0 Å². The van der Waals surface area contributed by atoms with E-state index in [0.29, 0.717) is 13.1 Å². The molecule has 1 aliphatic carbocycles. The van der Waals surface area contributed by atoms with E-state index in [1.807, 2.05) is 0 Å². The molecule has 0 aromatic carbocycles. The van der Waals surface area contributed by atoms with Gasteiger partial charge in [0, 0.05) is 19.1 Å². The SMILES string of the molecule is CCOC(=O)C[C@@H]1C(=O)NCCN1C(=O)NC1CCCCC1.